The molecule has 4 nitrogen and oxygen atoms in total. The number of amides is 1. The molecule has 0 saturated carbocycles. The van der Waals surface area contributed by atoms with Crippen LogP contribution in [-0.2, 0) is 9.53 Å². The van der Waals surface area contributed by atoms with Crippen molar-refractivity contribution in [2.45, 2.75) is 32.2 Å². The quantitative estimate of drug-likeness (QED) is 0.537. The Morgan fingerprint density at radius 3 is 2.69 bits per heavy atom. The van der Waals surface area contributed by atoms with Crippen LogP contribution in [0.25, 0.3) is 0 Å². The predicted molar refractivity (Wildman–Crippen MR) is 52.4 cm³/mol. The second kappa shape index (κ2) is 8.01. The fourth-order valence-electron chi connectivity index (χ4n) is 0.979. The molecule has 0 aromatic heterocycles. The van der Waals surface area contributed by atoms with Gasteiger partial charge in [0.15, 0.2) is 0 Å². The lowest BCUT2D eigenvalue weighted by Gasteiger charge is -2.11. The van der Waals surface area contributed by atoms with E-state index in [0.717, 1.165) is 19.4 Å². The Hall–Kier alpha value is -0.610. The van der Waals surface area contributed by atoms with Crippen molar-refractivity contribution in [3.8, 4) is 0 Å². The van der Waals surface area contributed by atoms with Crippen LogP contribution in [0.3, 0.4) is 0 Å². The number of primary amides is 1. The molecule has 0 aliphatic heterocycles. The van der Waals surface area contributed by atoms with Crippen LogP contribution >= 0.6 is 0 Å². The predicted octanol–water partition coefficient (Wildman–Crippen LogP) is 0.267. The molecular formula is C9H20N2O2. The van der Waals surface area contributed by atoms with Crippen LogP contribution < -0.4 is 11.1 Å². The molecule has 0 fully saturated rings. The summed E-state index contributed by atoms with van der Waals surface area (Å²) < 4.78 is 5.31. The normalized spacial score (nSPS) is 12.8. The first-order chi connectivity index (χ1) is 6.22. The van der Waals surface area contributed by atoms with Gasteiger partial charge in [-0.2, -0.15) is 0 Å². The number of carbonyl (C=O) groups excluding carboxylic acids is 1. The minimum Gasteiger partial charge on any atom is -0.381 e. The number of unbranched alkanes of at least 4 members (excludes halogenated alkanes) is 1. The van der Waals surface area contributed by atoms with Crippen LogP contribution in [0.4, 0.5) is 0 Å². The van der Waals surface area contributed by atoms with E-state index in [1.54, 1.807) is 7.05 Å². The summed E-state index contributed by atoms with van der Waals surface area (Å²) in [6, 6.07) is -0.262. The molecule has 0 aliphatic carbocycles. The SMILES string of the molecule is CCCCOCCC(NC)C(N)=O. The molecule has 0 heterocycles. The largest absolute Gasteiger partial charge is 0.381 e. The van der Waals surface area contributed by atoms with E-state index < -0.39 is 0 Å². The lowest BCUT2D eigenvalue weighted by Crippen LogP contribution is -2.39. The molecule has 78 valence electrons. The van der Waals surface area contributed by atoms with Gasteiger partial charge in [0, 0.05) is 13.2 Å². The summed E-state index contributed by atoms with van der Waals surface area (Å²) in [6.45, 7) is 3.48. The first-order valence-electron chi connectivity index (χ1n) is 4.76. The van der Waals surface area contributed by atoms with Gasteiger partial charge in [-0.1, -0.05) is 13.3 Å². The molecule has 13 heavy (non-hydrogen) atoms. The number of hydrogen-bond donors (Lipinski definition) is 2. The standard InChI is InChI=1S/C9H20N2O2/c1-3-4-6-13-7-5-8(11-2)9(10)12/h8,11H,3-7H2,1-2H3,(H2,10,12). The maximum Gasteiger partial charge on any atom is 0.234 e. The first kappa shape index (κ1) is 12.4. The van der Waals surface area contributed by atoms with Crippen molar-refractivity contribution >= 4 is 5.91 Å². The number of rotatable bonds is 8. The van der Waals surface area contributed by atoms with Crippen LogP contribution in [0.5, 0.6) is 0 Å². The van der Waals surface area contributed by atoms with Crippen molar-refractivity contribution in [1.29, 1.82) is 0 Å². The van der Waals surface area contributed by atoms with E-state index in [2.05, 4.69) is 12.2 Å². The van der Waals surface area contributed by atoms with Gasteiger partial charge in [-0.05, 0) is 19.9 Å². The molecule has 1 atom stereocenters. The molecule has 1 amide bonds. The summed E-state index contributed by atoms with van der Waals surface area (Å²) in [7, 11) is 1.72. The molecule has 0 spiro atoms. The van der Waals surface area contributed by atoms with Gasteiger partial charge < -0.3 is 15.8 Å². The first-order valence-corrected chi connectivity index (χ1v) is 4.76. The zero-order chi connectivity index (χ0) is 10.1. The molecule has 4 heteroatoms. The topological polar surface area (TPSA) is 64.3 Å². The molecule has 0 aromatic carbocycles. The molecule has 0 aromatic rings. The average Bonchev–Trinajstić information content (AvgIpc) is 2.10. The van der Waals surface area contributed by atoms with E-state index in [9.17, 15) is 4.79 Å². The van der Waals surface area contributed by atoms with Gasteiger partial charge in [0.2, 0.25) is 5.91 Å². The van der Waals surface area contributed by atoms with Crippen LogP contribution in [0.15, 0.2) is 0 Å². The second-order valence-corrected chi connectivity index (χ2v) is 3.00. The van der Waals surface area contributed by atoms with Gasteiger partial charge in [0.25, 0.3) is 0 Å². The highest BCUT2D eigenvalue weighted by atomic mass is 16.5. The fourth-order valence-corrected chi connectivity index (χ4v) is 0.979. The van der Waals surface area contributed by atoms with Gasteiger partial charge in [0.05, 0.1) is 6.04 Å². The Bertz CT molecular complexity index is 140. The summed E-state index contributed by atoms with van der Waals surface area (Å²) in [6.07, 6.45) is 2.85. The molecule has 0 aliphatic rings. The third kappa shape index (κ3) is 6.54. The van der Waals surface area contributed by atoms with Crippen molar-refractivity contribution in [2.75, 3.05) is 20.3 Å². The molecular weight excluding hydrogens is 168 g/mol. The third-order valence-electron chi connectivity index (χ3n) is 1.88. The van der Waals surface area contributed by atoms with Crippen LogP contribution in [-0.4, -0.2) is 32.2 Å². The summed E-state index contributed by atoms with van der Waals surface area (Å²) in [4.78, 5) is 10.8. The van der Waals surface area contributed by atoms with Crippen molar-refractivity contribution in [2.24, 2.45) is 5.73 Å². The Balaban J connectivity index is 3.33. The number of hydrogen-bond acceptors (Lipinski definition) is 3. The highest BCUT2D eigenvalue weighted by Crippen LogP contribution is 1.93. The maximum absolute atomic E-state index is 10.8. The summed E-state index contributed by atoms with van der Waals surface area (Å²) in [5.74, 6) is -0.318. The van der Waals surface area contributed by atoms with Gasteiger partial charge in [-0.3, -0.25) is 4.79 Å². The number of likely N-dealkylation sites (N-methyl/N-ethyl adjacent to an activating group) is 1. The molecule has 0 radical (unpaired) electrons. The zero-order valence-corrected chi connectivity index (χ0v) is 8.51. The van der Waals surface area contributed by atoms with Crippen LogP contribution in [0, 0.1) is 0 Å². The van der Waals surface area contributed by atoms with E-state index >= 15 is 0 Å². The van der Waals surface area contributed by atoms with E-state index in [-0.39, 0.29) is 11.9 Å². The summed E-state index contributed by atoms with van der Waals surface area (Å²) in [5.41, 5.74) is 5.13. The molecule has 0 bridgehead atoms. The van der Waals surface area contributed by atoms with Crippen LogP contribution in [0.2, 0.25) is 0 Å². The number of carbonyl (C=O) groups is 1. The van der Waals surface area contributed by atoms with Gasteiger partial charge >= 0.3 is 0 Å². The highest BCUT2D eigenvalue weighted by Gasteiger charge is 2.11. The van der Waals surface area contributed by atoms with Gasteiger partial charge in [0.1, 0.15) is 0 Å². The average molecular weight is 188 g/mol. The van der Waals surface area contributed by atoms with Gasteiger partial charge in [-0.15, -0.1) is 0 Å². The summed E-state index contributed by atoms with van der Waals surface area (Å²) in [5, 5.41) is 2.84. The lowest BCUT2D eigenvalue weighted by atomic mass is 10.2. The van der Waals surface area contributed by atoms with Crippen molar-refractivity contribution < 1.29 is 9.53 Å². The number of nitrogens with two attached hydrogens (primary N) is 1. The number of ether oxygens (including phenoxy) is 1. The maximum atomic E-state index is 10.8. The van der Waals surface area contributed by atoms with Crippen LogP contribution in [0.1, 0.15) is 26.2 Å². The minimum absolute atomic E-state index is 0.262. The fraction of sp³-hybridized carbons (Fsp3) is 0.889. The molecule has 3 N–H and O–H groups in total. The Labute approximate surface area is 79.8 Å². The molecule has 1 unspecified atom stereocenters. The highest BCUT2D eigenvalue weighted by molar-refractivity contribution is 5.79. The molecule has 0 rings (SSSR count). The Morgan fingerprint density at radius 1 is 1.54 bits per heavy atom. The molecule has 0 saturated heterocycles. The lowest BCUT2D eigenvalue weighted by molar-refractivity contribution is -0.120. The zero-order valence-electron chi connectivity index (χ0n) is 8.51. The van der Waals surface area contributed by atoms with Gasteiger partial charge in [-0.25, -0.2) is 0 Å². The monoisotopic (exact) mass is 188 g/mol. The second-order valence-electron chi connectivity index (χ2n) is 3.00. The number of nitrogens with one attached hydrogen (secondary N) is 1. The van der Waals surface area contributed by atoms with E-state index in [1.165, 1.54) is 0 Å². The van der Waals surface area contributed by atoms with E-state index in [0.29, 0.717) is 13.0 Å². The smallest absolute Gasteiger partial charge is 0.234 e. The Kier molecular flexibility index (Phi) is 7.63. The minimum atomic E-state index is -0.318. The van der Waals surface area contributed by atoms with Crippen molar-refractivity contribution in [3.05, 3.63) is 0 Å². The van der Waals surface area contributed by atoms with E-state index in [4.69, 9.17) is 10.5 Å². The van der Waals surface area contributed by atoms with Crippen molar-refractivity contribution in [1.82, 2.24) is 5.32 Å². The van der Waals surface area contributed by atoms with E-state index in [1.807, 2.05) is 0 Å². The van der Waals surface area contributed by atoms with Crippen molar-refractivity contribution in [3.63, 3.8) is 0 Å². The third-order valence-corrected chi connectivity index (χ3v) is 1.88. The Morgan fingerprint density at radius 2 is 2.23 bits per heavy atom. The summed E-state index contributed by atoms with van der Waals surface area (Å²) >= 11 is 0.